The van der Waals surface area contributed by atoms with Crippen LogP contribution in [0.2, 0.25) is 5.02 Å². The monoisotopic (exact) mass is 390 g/mol. The number of furan rings is 1. The van der Waals surface area contributed by atoms with E-state index >= 15 is 0 Å². The van der Waals surface area contributed by atoms with E-state index in [-0.39, 0.29) is 0 Å². The third-order valence-corrected chi connectivity index (χ3v) is 4.26. The lowest BCUT2D eigenvalue weighted by Gasteiger charge is -1.96. The average molecular weight is 391 g/mol. The maximum Gasteiger partial charge on any atom is 0.289 e. The summed E-state index contributed by atoms with van der Waals surface area (Å²) in [4.78, 5) is 12.2. The maximum absolute atomic E-state index is 12.2. The maximum atomic E-state index is 12.2. The summed E-state index contributed by atoms with van der Waals surface area (Å²) in [6.07, 6.45) is 1.44. The summed E-state index contributed by atoms with van der Waals surface area (Å²) in [5, 5.41) is 11.5. The van der Waals surface area contributed by atoms with Gasteiger partial charge in [0.15, 0.2) is 0 Å². The second kappa shape index (κ2) is 7.94. The number of aromatic amines is 1. The first-order chi connectivity index (χ1) is 13.7. The second-order valence-corrected chi connectivity index (χ2v) is 6.38. The van der Waals surface area contributed by atoms with Crippen LogP contribution in [-0.2, 0) is 0 Å². The zero-order valence-electron chi connectivity index (χ0n) is 14.6. The molecule has 0 spiro atoms. The predicted octanol–water partition coefficient (Wildman–Crippen LogP) is 4.75. The molecule has 28 heavy (non-hydrogen) atoms. The summed E-state index contributed by atoms with van der Waals surface area (Å²) in [6.45, 7) is 0. The Hall–Kier alpha value is -3.64. The standard InChI is InChI=1S/C21H15ClN4O2/c22-16-8-6-15(7-9-16)20-11-10-17(28-20)13-23-26-21(27)19-12-18(24-25-19)14-4-2-1-3-5-14/h1-13H,(H,24,25)(H,26,27)/b23-13+. The number of carbonyl (C=O) groups excluding carboxylic acids is 1. The van der Waals surface area contributed by atoms with Gasteiger partial charge in [-0.3, -0.25) is 9.89 Å². The molecule has 2 heterocycles. The van der Waals surface area contributed by atoms with Crippen LogP contribution in [0.4, 0.5) is 0 Å². The number of benzene rings is 2. The van der Waals surface area contributed by atoms with E-state index in [1.165, 1.54) is 6.21 Å². The van der Waals surface area contributed by atoms with E-state index in [0.29, 0.717) is 27.9 Å². The third-order valence-electron chi connectivity index (χ3n) is 4.01. The van der Waals surface area contributed by atoms with Crippen molar-refractivity contribution < 1.29 is 9.21 Å². The summed E-state index contributed by atoms with van der Waals surface area (Å²) < 4.78 is 5.70. The molecule has 4 rings (SSSR count). The largest absolute Gasteiger partial charge is 0.455 e. The Labute approximate surface area is 165 Å². The summed E-state index contributed by atoms with van der Waals surface area (Å²) in [5.74, 6) is 0.806. The van der Waals surface area contributed by atoms with Crippen LogP contribution in [0.25, 0.3) is 22.6 Å². The van der Waals surface area contributed by atoms with Gasteiger partial charge in [0.05, 0.1) is 11.9 Å². The summed E-state index contributed by atoms with van der Waals surface area (Å²) >= 11 is 5.89. The highest BCUT2D eigenvalue weighted by atomic mass is 35.5. The molecule has 2 N–H and O–H groups in total. The van der Waals surface area contributed by atoms with Gasteiger partial charge in [-0.25, -0.2) is 5.43 Å². The minimum absolute atomic E-state index is 0.317. The molecule has 0 aliphatic heterocycles. The molecule has 0 radical (unpaired) electrons. The SMILES string of the molecule is O=C(N/N=C/c1ccc(-c2ccc(Cl)cc2)o1)c1cc(-c2ccccc2)n[nH]1. The molecule has 7 heteroatoms. The molecule has 0 aliphatic carbocycles. The molecule has 6 nitrogen and oxygen atoms in total. The van der Waals surface area contributed by atoms with Crippen molar-refractivity contribution in [3.63, 3.8) is 0 Å². The lowest BCUT2D eigenvalue weighted by atomic mass is 10.1. The van der Waals surface area contributed by atoms with E-state index in [1.807, 2.05) is 48.5 Å². The van der Waals surface area contributed by atoms with Crippen molar-refractivity contribution in [2.75, 3.05) is 0 Å². The van der Waals surface area contributed by atoms with Gasteiger partial charge in [-0.15, -0.1) is 0 Å². The van der Waals surface area contributed by atoms with Crippen molar-refractivity contribution in [1.82, 2.24) is 15.6 Å². The number of nitrogens with one attached hydrogen (secondary N) is 2. The second-order valence-electron chi connectivity index (χ2n) is 5.94. The van der Waals surface area contributed by atoms with Gasteiger partial charge in [-0.1, -0.05) is 41.9 Å². The Balaban J connectivity index is 1.39. The fraction of sp³-hybridized carbons (Fsp3) is 0. The van der Waals surface area contributed by atoms with Crippen LogP contribution in [0.5, 0.6) is 0 Å². The summed E-state index contributed by atoms with van der Waals surface area (Å²) in [5.41, 5.74) is 5.28. The number of carbonyl (C=O) groups is 1. The topological polar surface area (TPSA) is 83.3 Å². The first-order valence-corrected chi connectivity index (χ1v) is 8.87. The van der Waals surface area contributed by atoms with Crippen LogP contribution >= 0.6 is 11.6 Å². The van der Waals surface area contributed by atoms with Gasteiger partial charge >= 0.3 is 0 Å². The fourth-order valence-electron chi connectivity index (χ4n) is 2.60. The highest BCUT2D eigenvalue weighted by molar-refractivity contribution is 6.30. The Morgan fingerprint density at radius 3 is 2.61 bits per heavy atom. The van der Waals surface area contributed by atoms with Crippen molar-refractivity contribution in [3.05, 3.63) is 89.3 Å². The fourth-order valence-corrected chi connectivity index (χ4v) is 2.73. The van der Waals surface area contributed by atoms with Gasteiger partial charge in [0.2, 0.25) is 0 Å². The molecule has 0 unspecified atom stereocenters. The van der Waals surface area contributed by atoms with Crippen molar-refractivity contribution in [2.24, 2.45) is 5.10 Å². The number of hydrazone groups is 1. The number of aromatic nitrogens is 2. The van der Waals surface area contributed by atoms with E-state index in [2.05, 4.69) is 20.7 Å². The molecule has 2 aromatic heterocycles. The molecule has 0 atom stereocenters. The van der Waals surface area contributed by atoms with Gasteiger partial charge in [0.25, 0.3) is 5.91 Å². The van der Waals surface area contributed by atoms with Crippen molar-refractivity contribution in [3.8, 4) is 22.6 Å². The van der Waals surface area contributed by atoms with Gasteiger partial charge in [-0.2, -0.15) is 10.2 Å². The van der Waals surface area contributed by atoms with Crippen molar-refractivity contribution in [1.29, 1.82) is 0 Å². The van der Waals surface area contributed by atoms with Crippen molar-refractivity contribution in [2.45, 2.75) is 0 Å². The van der Waals surface area contributed by atoms with Crippen LogP contribution < -0.4 is 5.43 Å². The smallest absolute Gasteiger partial charge is 0.289 e. The Kier molecular flexibility index (Phi) is 5.03. The number of nitrogens with zero attached hydrogens (tertiary/aromatic N) is 2. The van der Waals surface area contributed by atoms with E-state index in [0.717, 1.165) is 11.1 Å². The molecule has 0 saturated carbocycles. The van der Waals surface area contributed by atoms with Gasteiger partial charge in [0, 0.05) is 16.1 Å². The molecule has 2 aromatic carbocycles. The molecular formula is C21H15ClN4O2. The molecule has 0 fully saturated rings. The first-order valence-electron chi connectivity index (χ1n) is 8.49. The zero-order valence-corrected chi connectivity index (χ0v) is 15.4. The lowest BCUT2D eigenvalue weighted by Crippen LogP contribution is -2.17. The summed E-state index contributed by atoms with van der Waals surface area (Å²) in [6, 6.07) is 22.2. The quantitative estimate of drug-likeness (QED) is 0.381. The van der Waals surface area contributed by atoms with Crippen LogP contribution in [0.15, 0.2) is 82.3 Å². The minimum atomic E-state index is -0.393. The van der Waals surface area contributed by atoms with Crippen LogP contribution in [0.1, 0.15) is 16.2 Å². The van der Waals surface area contributed by atoms with Crippen LogP contribution in [0, 0.1) is 0 Å². The predicted molar refractivity (Wildman–Crippen MR) is 108 cm³/mol. The number of H-pyrrole nitrogens is 1. The van der Waals surface area contributed by atoms with Crippen LogP contribution in [0.3, 0.4) is 0 Å². The summed E-state index contributed by atoms with van der Waals surface area (Å²) in [7, 11) is 0. The Morgan fingerprint density at radius 1 is 1.04 bits per heavy atom. The molecule has 0 saturated heterocycles. The zero-order chi connectivity index (χ0) is 19.3. The number of rotatable bonds is 5. The van der Waals surface area contributed by atoms with Gasteiger partial charge in [-0.05, 0) is 42.5 Å². The highest BCUT2D eigenvalue weighted by Gasteiger charge is 2.10. The normalized spacial score (nSPS) is 11.0. The number of hydrogen-bond donors (Lipinski definition) is 2. The minimum Gasteiger partial charge on any atom is -0.455 e. The van der Waals surface area contributed by atoms with Crippen LogP contribution in [-0.4, -0.2) is 22.3 Å². The Morgan fingerprint density at radius 2 is 1.82 bits per heavy atom. The Bertz CT molecular complexity index is 1110. The van der Waals surface area contributed by atoms with Crippen molar-refractivity contribution >= 4 is 23.7 Å². The molecular weight excluding hydrogens is 376 g/mol. The molecule has 138 valence electrons. The highest BCUT2D eigenvalue weighted by Crippen LogP contribution is 2.23. The number of amides is 1. The first kappa shape index (κ1) is 17.8. The van der Waals surface area contributed by atoms with Gasteiger partial charge < -0.3 is 4.42 Å². The average Bonchev–Trinajstić information content (AvgIpc) is 3.39. The third kappa shape index (κ3) is 4.02. The van der Waals surface area contributed by atoms with E-state index in [9.17, 15) is 4.79 Å². The molecule has 4 aromatic rings. The molecule has 0 aliphatic rings. The lowest BCUT2D eigenvalue weighted by molar-refractivity contribution is 0.0950. The number of hydrogen-bond acceptors (Lipinski definition) is 4. The van der Waals surface area contributed by atoms with Gasteiger partial charge in [0.1, 0.15) is 17.2 Å². The van der Waals surface area contributed by atoms with E-state index in [1.54, 1.807) is 24.3 Å². The number of halogens is 1. The molecule has 1 amide bonds. The molecule has 0 bridgehead atoms. The van der Waals surface area contributed by atoms with E-state index < -0.39 is 5.91 Å². The van der Waals surface area contributed by atoms with E-state index in [4.69, 9.17) is 16.0 Å².